The van der Waals surface area contributed by atoms with Gasteiger partial charge in [0.15, 0.2) is 0 Å². The van der Waals surface area contributed by atoms with Crippen molar-refractivity contribution in [3.05, 3.63) is 5.89 Å². The summed E-state index contributed by atoms with van der Waals surface area (Å²) in [6.45, 7) is 3.60. The fourth-order valence-electron chi connectivity index (χ4n) is 1.73. The number of morpholine rings is 1. The van der Waals surface area contributed by atoms with Crippen molar-refractivity contribution in [1.29, 1.82) is 0 Å². The second kappa shape index (κ2) is 5.95. The van der Waals surface area contributed by atoms with Crippen LogP contribution in [0.5, 0.6) is 0 Å². The second-order valence-corrected chi connectivity index (χ2v) is 4.07. The number of rotatable bonds is 5. The quantitative estimate of drug-likeness (QED) is 0.725. The molecule has 1 fully saturated rings. The number of hydrogen-bond donors (Lipinski definition) is 2. The molecule has 0 radical (unpaired) electrons. The smallest absolute Gasteiger partial charge is 0.266 e. The first kappa shape index (κ1) is 12.3. The van der Waals surface area contributed by atoms with Gasteiger partial charge in [0.1, 0.15) is 0 Å². The average Bonchev–Trinajstić information content (AvgIpc) is 2.86. The summed E-state index contributed by atoms with van der Waals surface area (Å²) in [5.41, 5.74) is 11.4. The Morgan fingerprint density at radius 2 is 2.12 bits per heavy atom. The molecule has 17 heavy (non-hydrogen) atoms. The van der Waals surface area contributed by atoms with Gasteiger partial charge in [-0.05, 0) is 24.5 Å². The van der Waals surface area contributed by atoms with Gasteiger partial charge >= 0.3 is 0 Å². The Kier molecular flexibility index (Phi) is 4.29. The predicted molar refractivity (Wildman–Crippen MR) is 62.5 cm³/mol. The second-order valence-electron chi connectivity index (χ2n) is 4.07. The molecule has 7 nitrogen and oxygen atoms in total. The van der Waals surface area contributed by atoms with Gasteiger partial charge in [0.2, 0.25) is 5.89 Å². The van der Waals surface area contributed by atoms with Crippen molar-refractivity contribution in [2.45, 2.75) is 18.9 Å². The summed E-state index contributed by atoms with van der Waals surface area (Å²) < 4.78 is 10.4. The minimum absolute atomic E-state index is 0.221. The molecule has 1 aliphatic heterocycles. The van der Waals surface area contributed by atoms with Crippen LogP contribution in [0, 0.1) is 0 Å². The normalized spacial score (nSPS) is 18.4. The Balaban J connectivity index is 1.94. The summed E-state index contributed by atoms with van der Waals surface area (Å²) in [6, 6.07) is -0.221. The zero-order valence-corrected chi connectivity index (χ0v) is 9.84. The van der Waals surface area contributed by atoms with E-state index in [9.17, 15) is 0 Å². The molecular formula is C10H19N5O2. The number of hydrogen-bond acceptors (Lipinski definition) is 7. The maximum atomic E-state index is 5.93. The van der Waals surface area contributed by atoms with Crippen LogP contribution in [0.3, 0.4) is 0 Å². The molecule has 0 saturated carbocycles. The Hall–Kier alpha value is -1.18. The lowest BCUT2D eigenvalue weighted by Gasteiger charge is -2.24. The van der Waals surface area contributed by atoms with E-state index in [1.165, 1.54) is 0 Å². The van der Waals surface area contributed by atoms with Crippen molar-refractivity contribution in [2.75, 3.05) is 37.7 Å². The first-order valence-corrected chi connectivity index (χ1v) is 5.93. The van der Waals surface area contributed by atoms with Crippen LogP contribution in [-0.2, 0) is 4.74 Å². The van der Waals surface area contributed by atoms with Crippen molar-refractivity contribution in [1.82, 2.24) is 10.1 Å². The zero-order chi connectivity index (χ0) is 12.1. The van der Waals surface area contributed by atoms with Crippen LogP contribution < -0.4 is 16.4 Å². The highest BCUT2D eigenvalue weighted by atomic mass is 16.5. The van der Waals surface area contributed by atoms with E-state index in [2.05, 4.69) is 10.1 Å². The van der Waals surface area contributed by atoms with E-state index >= 15 is 0 Å². The van der Waals surface area contributed by atoms with Gasteiger partial charge in [-0.2, -0.15) is 4.98 Å². The molecule has 0 spiro atoms. The van der Waals surface area contributed by atoms with E-state index in [0.717, 1.165) is 25.9 Å². The summed E-state index contributed by atoms with van der Waals surface area (Å²) in [7, 11) is 0. The summed E-state index contributed by atoms with van der Waals surface area (Å²) in [6.07, 6.45) is 1.62. The van der Waals surface area contributed by atoms with Crippen molar-refractivity contribution >= 4 is 5.95 Å². The van der Waals surface area contributed by atoms with E-state index in [1.54, 1.807) is 0 Å². The first-order valence-electron chi connectivity index (χ1n) is 5.93. The molecule has 2 rings (SSSR count). The molecule has 1 saturated heterocycles. The summed E-state index contributed by atoms with van der Waals surface area (Å²) in [5, 5.41) is 3.94. The number of anilines is 1. The molecule has 2 heterocycles. The number of nitrogens with zero attached hydrogens (tertiary/aromatic N) is 3. The minimum atomic E-state index is -0.221. The van der Waals surface area contributed by atoms with Crippen LogP contribution >= 0.6 is 0 Å². The zero-order valence-electron chi connectivity index (χ0n) is 9.84. The number of nitrogens with two attached hydrogens (primary N) is 2. The average molecular weight is 241 g/mol. The molecule has 4 N–H and O–H groups in total. The minimum Gasteiger partial charge on any atom is -0.378 e. The van der Waals surface area contributed by atoms with Crippen LogP contribution in [-0.4, -0.2) is 43.0 Å². The van der Waals surface area contributed by atoms with E-state index in [1.807, 2.05) is 4.90 Å². The van der Waals surface area contributed by atoms with Crippen molar-refractivity contribution < 1.29 is 9.26 Å². The molecule has 1 aromatic rings. The summed E-state index contributed by atoms with van der Waals surface area (Å²) in [4.78, 5) is 6.35. The van der Waals surface area contributed by atoms with Gasteiger partial charge in [0.25, 0.3) is 5.95 Å². The van der Waals surface area contributed by atoms with Crippen LogP contribution in [0.25, 0.3) is 0 Å². The van der Waals surface area contributed by atoms with E-state index in [4.69, 9.17) is 20.7 Å². The lowest BCUT2D eigenvalue weighted by molar-refractivity contribution is 0.121. The van der Waals surface area contributed by atoms with E-state index < -0.39 is 0 Å². The van der Waals surface area contributed by atoms with Crippen molar-refractivity contribution in [3.8, 4) is 0 Å². The molecule has 1 atom stereocenters. The largest absolute Gasteiger partial charge is 0.378 e. The fraction of sp³-hybridized carbons (Fsp3) is 0.800. The Morgan fingerprint density at radius 3 is 2.82 bits per heavy atom. The van der Waals surface area contributed by atoms with Crippen LogP contribution in [0.1, 0.15) is 24.8 Å². The summed E-state index contributed by atoms with van der Waals surface area (Å²) in [5.74, 6) is 1.09. The fourth-order valence-corrected chi connectivity index (χ4v) is 1.73. The third-order valence-corrected chi connectivity index (χ3v) is 2.76. The third kappa shape index (κ3) is 3.15. The monoisotopic (exact) mass is 241 g/mol. The first-order chi connectivity index (χ1) is 8.31. The van der Waals surface area contributed by atoms with E-state index in [0.29, 0.717) is 31.6 Å². The summed E-state index contributed by atoms with van der Waals surface area (Å²) >= 11 is 0. The third-order valence-electron chi connectivity index (χ3n) is 2.76. The van der Waals surface area contributed by atoms with Crippen molar-refractivity contribution in [3.63, 3.8) is 0 Å². The molecule has 0 aromatic carbocycles. The van der Waals surface area contributed by atoms with Gasteiger partial charge in [-0.1, -0.05) is 0 Å². The van der Waals surface area contributed by atoms with Crippen LogP contribution in [0.15, 0.2) is 4.52 Å². The Labute approximate surface area is 100 Å². The lowest BCUT2D eigenvalue weighted by Crippen LogP contribution is -2.36. The van der Waals surface area contributed by atoms with Gasteiger partial charge in [0.05, 0.1) is 19.3 Å². The Morgan fingerprint density at radius 1 is 1.35 bits per heavy atom. The van der Waals surface area contributed by atoms with Gasteiger partial charge in [-0.15, -0.1) is 0 Å². The maximum Gasteiger partial charge on any atom is 0.266 e. The molecular weight excluding hydrogens is 222 g/mol. The number of ether oxygens (including phenoxy) is 1. The van der Waals surface area contributed by atoms with Crippen molar-refractivity contribution in [2.24, 2.45) is 11.5 Å². The standard InChI is InChI=1S/C10H19N5O2/c11-3-1-2-8(12)9-13-10(14-17-9)15-4-6-16-7-5-15/h8H,1-7,11-12H2/t8-/m1/s1. The molecule has 96 valence electrons. The predicted octanol–water partition coefficient (Wildman–Crippen LogP) is -0.355. The Bertz CT molecular complexity index is 337. The molecule has 1 aromatic heterocycles. The lowest BCUT2D eigenvalue weighted by atomic mass is 10.2. The number of aromatic nitrogens is 2. The highest BCUT2D eigenvalue weighted by molar-refractivity contribution is 5.28. The van der Waals surface area contributed by atoms with Gasteiger partial charge in [-0.3, -0.25) is 0 Å². The topological polar surface area (TPSA) is 103 Å². The van der Waals surface area contributed by atoms with Gasteiger partial charge in [-0.25, -0.2) is 0 Å². The SMILES string of the molecule is NCCC[C@@H](N)c1nc(N2CCOCC2)no1. The van der Waals surface area contributed by atoms with Crippen LogP contribution in [0.2, 0.25) is 0 Å². The molecule has 1 aliphatic rings. The molecule has 0 unspecified atom stereocenters. The molecule has 0 amide bonds. The maximum absolute atomic E-state index is 5.93. The molecule has 7 heteroatoms. The van der Waals surface area contributed by atoms with Gasteiger partial charge in [0, 0.05) is 13.1 Å². The highest BCUT2D eigenvalue weighted by Crippen LogP contribution is 2.17. The van der Waals surface area contributed by atoms with E-state index in [-0.39, 0.29) is 6.04 Å². The molecule has 0 aliphatic carbocycles. The molecule has 0 bridgehead atoms. The van der Waals surface area contributed by atoms with Crippen LogP contribution in [0.4, 0.5) is 5.95 Å². The van der Waals surface area contributed by atoms with Gasteiger partial charge < -0.3 is 25.6 Å². The highest BCUT2D eigenvalue weighted by Gasteiger charge is 2.19.